The Balaban J connectivity index is 2.54. The van der Waals surface area contributed by atoms with Gasteiger partial charge in [0, 0.05) is 0 Å². The van der Waals surface area contributed by atoms with Crippen LogP contribution in [0.25, 0.3) is 0 Å². The van der Waals surface area contributed by atoms with Crippen LogP contribution < -0.4 is 5.32 Å². The van der Waals surface area contributed by atoms with Gasteiger partial charge in [-0.05, 0) is 12.8 Å². The molecule has 1 rings (SSSR count). The van der Waals surface area contributed by atoms with Crippen LogP contribution in [0.15, 0.2) is 0 Å². The summed E-state index contributed by atoms with van der Waals surface area (Å²) in [5.74, 6) is -3.55. The van der Waals surface area contributed by atoms with Crippen LogP contribution in [-0.2, 0) is 9.59 Å². The van der Waals surface area contributed by atoms with E-state index in [1.165, 1.54) is 0 Å². The molecule has 0 bridgehead atoms. The van der Waals surface area contributed by atoms with Crippen molar-refractivity contribution >= 4 is 11.9 Å². The van der Waals surface area contributed by atoms with Crippen LogP contribution in [0.3, 0.4) is 0 Å². The van der Waals surface area contributed by atoms with Crippen LogP contribution in [-0.4, -0.2) is 40.9 Å². The third kappa shape index (κ3) is 4.38. The Labute approximate surface area is 107 Å². The molecule has 0 saturated heterocycles. The van der Waals surface area contributed by atoms with Crippen molar-refractivity contribution < 1.29 is 33.0 Å². The van der Waals surface area contributed by atoms with Gasteiger partial charge in [-0.15, -0.1) is 0 Å². The highest BCUT2D eigenvalue weighted by Crippen LogP contribution is 2.30. The first kappa shape index (κ1) is 15.7. The molecule has 8 heteroatoms. The van der Waals surface area contributed by atoms with E-state index in [-0.39, 0.29) is 0 Å². The topological polar surface area (TPSA) is 86.6 Å². The number of carbonyl (C=O) groups is 2. The number of hydrogen-bond acceptors (Lipinski definition) is 3. The highest BCUT2D eigenvalue weighted by molar-refractivity contribution is 5.84. The Kier molecular flexibility index (Phi) is 5.16. The van der Waals surface area contributed by atoms with Crippen molar-refractivity contribution in [1.82, 2.24) is 5.32 Å². The second-order valence-corrected chi connectivity index (χ2v) is 4.64. The summed E-state index contributed by atoms with van der Waals surface area (Å²) >= 11 is 0. The number of amides is 1. The maximum atomic E-state index is 12.1. The Bertz CT molecular complexity index is 345. The lowest BCUT2D eigenvalue weighted by Gasteiger charge is -2.28. The molecular weight excluding hydrogens is 267 g/mol. The van der Waals surface area contributed by atoms with E-state index in [1.54, 1.807) is 0 Å². The van der Waals surface area contributed by atoms with E-state index in [4.69, 9.17) is 10.2 Å². The second kappa shape index (κ2) is 6.23. The minimum Gasteiger partial charge on any atom is -0.481 e. The summed E-state index contributed by atoms with van der Waals surface area (Å²) < 4.78 is 36.2. The van der Waals surface area contributed by atoms with Gasteiger partial charge < -0.3 is 15.5 Å². The fourth-order valence-corrected chi connectivity index (χ4v) is 2.18. The summed E-state index contributed by atoms with van der Waals surface area (Å²) in [7, 11) is 0. The van der Waals surface area contributed by atoms with Gasteiger partial charge in [-0.2, -0.15) is 13.2 Å². The average Bonchev–Trinajstić information content (AvgIpc) is 2.34. The van der Waals surface area contributed by atoms with Gasteiger partial charge in [0.15, 0.2) is 6.10 Å². The molecule has 3 atom stereocenters. The molecule has 19 heavy (non-hydrogen) atoms. The predicted octanol–water partition coefficient (Wildman–Crippen LogP) is 0.917. The monoisotopic (exact) mass is 283 g/mol. The molecular formula is C11H16F3NO4. The molecule has 0 radical (unpaired) electrons. The molecule has 0 aliphatic heterocycles. The van der Waals surface area contributed by atoms with Crippen molar-refractivity contribution in [3.63, 3.8) is 0 Å². The molecule has 1 fully saturated rings. The first-order chi connectivity index (χ1) is 8.73. The maximum Gasteiger partial charge on any atom is 0.416 e. The number of nitrogens with one attached hydrogen (secondary N) is 1. The van der Waals surface area contributed by atoms with E-state index >= 15 is 0 Å². The quantitative estimate of drug-likeness (QED) is 0.716. The number of carboxylic acid groups (broad SMARTS) is 1. The molecule has 0 heterocycles. The summed E-state index contributed by atoms with van der Waals surface area (Å²) in [6, 6.07) is 0. The lowest BCUT2D eigenvalue weighted by Crippen LogP contribution is -2.45. The molecule has 5 nitrogen and oxygen atoms in total. The third-order valence-corrected chi connectivity index (χ3v) is 3.27. The summed E-state index contributed by atoms with van der Waals surface area (Å²) in [5.41, 5.74) is 0. The van der Waals surface area contributed by atoms with Crippen LogP contribution in [0.2, 0.25) is 0 Å². The Hall–Kier alpha value is -1.31. The minimum atomic E-state index is -4.80. The zero-order chi connectivity index (χ0) is 14.6. The number of rotatable bonds is 4. The third-order valence-electron chi connectivity index (χ3n) is 3.27. The highest BCUT2D eigenvalue weighted by atomic mass is 19.4. The summed E-state index contributed by atoms with van der Waals surface area (Å²) in [4.78, 5) is 22.6. The smallest absolute Gasteiger partial charge is 0.416 e. The standard InChI is InChI=1S/C11H16F3NO4/c12-11(13,14)8(16)5-15-9(17)6-3-1-2-4-7(6)10(18)19/h6-8,16H,1-5H2,(H,15,17)(H,18,19). The molecule has 0 spiro atoms. The van der Waals surface area contributed by atoms with E-state index in [9.17, 15) is 22.8 Å². The van der Waals surface area contributed by atoms with Crippen LogP contribution in [0.1, 0.15) is 25.7 Å². The Morgan fingerprint density at radius 3 is 2.21 bits per heavy atom. The number of carbonyl (C=O) groups excluding carboxylic acids is 1. The van der Waals surface area contributed by atoms with E-state index in [1.807, 2.05) is 5.32 Å². The molecule has 3 unspecified atom stereocenters. The lowest BCUT2D eigenvalue weighted by molar-refractivity contribution is -0.202. The first-order valence-electron chi connectivity index (χ1n) is 5.98. The van der Waals surface area contributed by atoms with E-state index in [0.29, 0.717) is 25.7 Å². The molecule has 110 valence electrons. The highest BCUT2D eigenvalue weighted by Gasteiger charge is 2.40. The van der Waals surface area contributed by atoms with Crippen molar-refractivity contribution in [2.45, 2.75) is 38.0 Å². The van der Waals surface area contributed by atoms with Crippen molar-refractivity contribution in [1.29, 1.82) is 0 Å². The summed E-state index contributed by atoms with van der Waals surface area (Å²) in [6.07, 6.45) is -5.40. The molecule has 0 aromatic carbocycles. The van der Waals surface area contributed by atoms with Gasteiger partial charge in [-0.3, -0.25) is 9.59 Å². The Morgan fingerprint density at radius 2 is 1.74 bits per heavy atom. The number of halogens is 3. The van der Waals surface area contributed by atoms with Gasteiger partial charge in [0.1, 0.15) is 0 Å². The molecule has 0 aromatic heterocycles. The number of aliphatic hydroxyl groups excluding tert-OH is 1. The van der Waals surface area contributed by atoms with Crippen molar-refractivity contribution in [2.24, 2.45) is 11.8 Å². The second-order valence-electron chi connectivity index (χ2n) is 4.64. The normalized spacial score (nSPS) is 25.7. The fraction of sp³-hybridized carbons (Fsp3) is 0.818. The molecule has 1 aliphatic rings. The molecule has 0 aromatic rings. The number of alkyl halides is 3. The number of hydrogen-bond donors (Lipinski definition) is 3. The van der Waals surface area contributed by atoms with Crippen molar-refractivity contribution in [2.75, 3.05) is 6.54 Å². The zero-order valence-electron chi connectivity index (χ0n) is 10.1. The first-order valence-corrected chi connectivity index (χ1v) is 5.98. The van der Waals surface area contributed by atoms with Gasteiger partial charge in [0.2, 0.25) is 5.91 Å². The molecule has 1 saturated carbocycles. The van der Waals surface area contributed by atoms with Gasteiger partial charge in [0.25, 0.3) is 0 Å². The lowest BCUT2D eigenvalue weighted by atomic mass is 9.78. The number of aliphatic carboxylic acids is 1. The molecule has 1 aliphatic carbocycles. The van der Waals surface area contributed by atoms with Gasteiger partial charge in [-0.1, -0.05) is 12.8 Å². The fourth-order valence-electron chi connectivity index (χ4n) is 2.18. The molecule has 1 amide bonds. The van der Waals surface area contributed by atoms with Gasteiger partial charge in [0.05, 0.1) is 18.4 Å². The number of carboxylic acids is 1. The summed E-state index contributed by atoms with van der Waals surface area (Å²) in [6.45, 7) is -0.953. The summed E-state index contributed by atoms with van der Waals surface area (Å²) in [5, 5.41) is 19.7. The van der Waals surface area contributed by atoms with Crippen molar-refractivity contribution in [3.05, 3.63) is 0 Å². The minimum absolute atomic E-state index is 0.338. The van der Waals surface area contributed by atoms with Crippen LogP contribution >= 0.6 is 0 Å². The van der Waals surface area contributed by atoms with Gasteiger partial charge >= 0.3 is 12.1 Å². The predicted molar refractivity (Wildman–Crippen MR) is 58.2 cm³/mol. The molecule has 3 N–H and O–H groups in total. The van der Waals surface area contributed by atoms with Crippen LogP contribution in [0.5, 0.6) is 0 Å². The Morgan fingerprint density at radius 1 is 1.21 bits per heavy atom. The maximum absolute atomic E-state index is 12.1. The van der Waals surface area contributed by atoms with E-state index in [0.717, 1.165) is 0 Å². The van der Waals surface area contributed by atoms with Gasteiger partial charge in [-0.25, -0.2) is 0 Å². The SMILES string of the molecule is O=C(O)C1CCCCC1C(=O)NCC(O)C(F)(F)F. The van der Waals surface area contributed by atoms with Crippen LogP contribution in [0, 0.1) is 11.8 Å². The van der Waals surface area contributed by atoms with Crippen LogP contribution in [0.4, 0.5) is 13.2 Å². The van der Waals surface area contributed by atoms with E-state index in [2.05, 4.69) is 0 Å². The number of aliphatic hydroxyl groups is 1. The van der Waals surface area contributed by atoms with Crippen molar-refractivity contribution in [3.8, 4) is 0 Å². The largest absolute Gasteiger partial charge is 0.481 e. The average molecular weight is 283 g/mol. The van der Waals surface area contributed by atoms with E-state index < -0.39 is 42.5 Å². The zero-order valence-corrected chi connectivity index (χ0v) is 10.1.